The van der Waals surface area contributed by atoms with Crippen molar-refractivity contribution >= 4 is 17.6 Å². The molecule has 31 heavy (non-hydrogen) atoms. The number of benzene rings is 1. The molecule has 0 unspecified atom stereocenters. The predicted octanol–water partition coefficient (Wildman–Crippen LogP) is 2.23. The van der Waals surface area contributed by atoms with E-state index in [0.29, 0.717) is 36.6 Å². The van der Waals surface area contributed by atoms with Crippen molar-refractivity contribution in [3.8, 4) is 17.1 Å². The number of pyridine rings is 1. The summed E-state index contributed by atoms with van der Waals surface area (Å²) >= 11 is 0. The Labute approximate surface area is 179 Å². The zero-order valence-corrected chi connectivity index (χ0v) is 17.6. The van der Waals surface area contributed by atoms with E-state index in [1.54, 1.807) is 38.2 Å². The van der Waals surface area contributed by atoms with Crippen molar-refractivity contribution in [1.29, 1.82) is 0 Å². The molecule has 160 valence electrons. The number of amides is 2. The second-order valence-corrected chi connectivity index (χ2v) is 7.51. The van der Waals surface area contributed by atoms with Crippen LogP contribution in [0, 0.1) is 0 Å². The molecule has 0 atom stereocenters. The minimum atomic E-state index is -0.249. The molecular formula is C22H23N5O4. The van der Waals surface area contributed by atoms with E-state index in [0.717, 1.165) is 16.8 Å². The molecule has 0 fully saturated rings. The van der Waals surface area contributed by atoms with E-state index in [4.69, 9.17) is 15.0 Å². The zero-order valence-electron chi connectivity index (χ0n) is 17.6. The molecule has 1 aromatic carbocycles. The molecular weight excluding hydrogens is 398 g/mol. The Balaban J connectivity index is 1.56. The highest BCUT2D eigenvalue weighted by Crippen LogP contribution is 2.27. The van der Waals surface area contributed by atoms with Crippen LogP contribution in [0.25, 0.3) is 11.3 Å². The van der Waals surface area contributed by atoms with Gasteiger partial charge in [-0.3, -0.25) is 9.59 Å². The van der Waals surface area contributed by atoms with Crippen molar-refractivity contribution in [2.24, 2.45) is 0 Å². The number of rotatable bonds is 4. The second-order valence-electron chi connectivity index (χ2n) is 7.51. The van der Waals surface area contributed by atoms with Crippen molar-refractivity contribution in [1.82, 2.24) is 19.9 Å². The summed E-state index contributed by atoms with van der Waals surface area (Å²) in [4.78, 5) is 32.9. The molecule has 3 aromatic rings. The molecule has 2 amide bonds. The van der Waals surface area contributed by atoms with Crippen LogP contribution in [0.3, 0.4) is 0 Å². The third-order valence-electron chi connectivity index (χ3n) is 5.21. The van der Waals surface area contributed by atoms with Crippen molar-refractivity contribution in [3.05, 3.63) is 58.9 Å². The topological polar surface area (TPSA) is 115 Å². The first-order valence-electron chi connectivity index (χ1n) is 9.77. The zero-order chi connectivity index (χ0) is 22.1. The minimum absolute atomic E-state index is 0.205. The van der Waals surface area contributed by atoms with Crippen molar-refractivity contribution in [3.63, 3.8) is 0 Å². The second kappa shape index (κ2) is 8.10. The van der Waals surface area contributed by atoms with Gasteiger partial charge in [-0.1, -0.05) is 17.3 Å². The van der Waals surface area contributed by atoms with E-state index in [1.165, 1.54) is 4.90 Å². The van der Waals surface area contributed by atoms with Gasteiger partial charge >= 0.3 is 0 Å². The number of nitrogen functional groups attached to an aromatic ring is 1. The Morgan fingerprint density at radius 3 is 2.77 bits per heavy atom. The number of aromatic nitrogens is 2. The fourth-order valence-corrected chi connectivity index (χ4v) is 3.52. The lowest BCUT2D eigenvalue weighted by Crippen LogP contribution is -2.37. The quantitative estimate of drug-likeness (QED) is 0.687. The number of fused-ring (bicyclic) bond motifs is 1. The summed E-state index contributed by atoms with van der Waals surface area (Å²) in [5.74, 6) is 0.894. The molecule has 0 spiro atoms. The van der Waals surface area contributed by atoms with Gasteiger partial charge in [-0.2, -0.15) is 0 Å². The van der Waals surface area contributed by atoms with Gasteiger partial charge in [0, 0.05) is 50.9 Å². The smallest absolute Gasteiger partial charge is 0.276 e. The first kappa shape index (κ1) is 20.4. The van der Waals surface area contributed by atoms with E-state index in [9.17, 15) is 9.59 Å². The lowest BCUT2D eigenvalue weighted by Gasteiger charge is -2.28. The van der Waals surface area contributed by atoms with E-state index < -0.39 is 0 Å². The van der Waals surface area contributed by atoms with Crippen LogP contribution in [-0.4, -0.2) is 59.5 Å². The number of anilines is 1. The molecule has 0 aliphatic carbocycles. The Hall–Kier alpha value is -3.88. The Kier molecular flexibility index (Phi) is 5.33. The number of carbonyl (C=O) groups is 2. The number of hydrogen-bond donors (Lipinski definition) is 1. The number of hydrogen-bond acceptors (Lipinski definition) is 7. The number of methoxy groups -OCH3 is 1. The van der Waals surface area contributed by atoms with Crippen molar-refractivity contribution in [2.75, 3.05) is 33.5 Å². The van der Waals surface area contributed by atoms with Crippen LogP contribution in [0.5, 0.6) is 5.75 Å². The van der Waals surface area contributed by atoms with Crippen LogP contribution in [0.1, 0.15) is 32.1 Å². The largest absolute Gasteiger partial charge is 0.497 e. The van der Waals surface area contributed by atoms with E-state index >= 15 is 0 Å². The number of ether oxygens (including phenoxy) is 1. The average Bonchev–Trinajstić information content (AvgIpc) is 3.27. The fraction of sp³-hybridized carbons (Fsp3) is 0.273. The lowest BCUT2D eigenvalue weighted by atomic mass is 10.0. The van der Waals surface area contributed by atoms with Crippen LogP contribution in [0.15, 0.2) is 40.9 Å². The van der Waals surface area contributed by atoms with Gasteiger partial charge in [0.15, 0.2) is 11.5 Å². The maximum atomic E-state index is 13.0. The monoisotopic (exact) mass is 421 g/mol. The van der Waals surface area contributed by atoms with Crippen LogP contribution < -0.4 is 10.5 Å². The van der Waals surface area contributed by atoms with Crippen LogP contribution in [-0.2, 0) is 13.0 Å². The van der Waals surface area contributed by atoms with Crippen LogP contribution in [0.2, 0.25) is 0 Å². The Bertz CT molecular complexity index is 1150. The van der Waals surface area contributed by atoms with E-state index in [1.807, 2.05) is 24.3 Å². The minimum Gasteiger partial charge on any atom is -0.497 e. The van der Waals surface area contributed by atoms with Gasteiger partial charge in [0.25, 0.3) is 11.8 Å². The molecule has 0 bridgehead atoms. The molecule has 2 aromatic heterocycles. The highest BCUT2D eigenvalue weighted by Gasteiger charge is 2.27. The van der Waals surface area contributed by atoms with Gasteiger partial charge in [-0.15, -0.1) is 0 Å². The number of nitrogens with zero attached hydrogens (tertiary/aromatic N) is 4. The molecule has 9 heteroatoms. The SMILES string of the molecule is COc1cccc(-c2cc(C(=O)N3CCc4nc(N)c(C(=O)N(C)C)cc4C3)no2)c1. The lowest BCUT2D eigenvalue weighted by molar-refractivity contribution is 0.0723. The molecule has 3 heterocycles. The maximum Gasteiger partial charge on any atom is 0.276 e. The average molecular weight is 421 g/mol. The van der Waals surface area contributed by atoms with Crippen molar-refractivity contribution < 1.29 is 18.8 Å². The predicted molar refractivity (Wildman–Crippen MR) is 114 cm³/mol. The van der Waals surface area contributed by atoms with E-state index in [-0.39, 0.29) is 23.3 Å². The highest BCUT2D eigenvalue weighted by atomic mass is 16.5. The van der Waals surface area contributed by atoms with Gasteiger partial charge in [0.05, 0.1) is 12.7 Å². The molecule has 9 nitrogen and oxygen atoms in total. The molecule has 1 aliphatic heterocycles. The third-order valence-corrected chi connectivity index (χ3v) is 5.21. The Morgan fingerprint density at radius 1 is 1.23 bits per heavy atom. The Morgan fingerprint density at radius 2 is 2.03 bits per heavy atom. The van der Waals surface area contributed by atoms with Gasteiger partial charge in [-0.05, 0) is 23.8 Å². The van der Waals surface area contributed by atoms with Gasteiger partial charge in [-0.25, -0.2) is 4.98 Å². The summed E-state index contributed by atoms with van der Waals surface area (Å²) in [5.41, 5.74) is 8.89. The summed E-state index contributed by atoms with van der Waals surface area (Å²) in [6, 6.07) is 10.7. The fourth-order valence-electron chi connectivity index (χ4n) is 3.52. The standard InChI is InChI=1S/C22H23N5O4/c1-26(2)21(28)16-10-14-12-27(8-7-17(14)24-20(16)23)22(29)18-11-19(31-25-18)13-5-4-6-15(9-13)30-3/h4-6,9-11H,7-8,12H2,1-3H3,(H2,23,24). The summed E-state index contributed by atoms with van der Waals surface area (Å²) in [6.07, 6.45) is 0.544. The van der Waals surface area contributed by atoms with Crippen molar-refractivity contribution in [2.45, 2.75) is 13.0 Å². The third kappa shape index (κ3) is 3.94. The number of carbonyl (C=O) groups excluding carboxylic acids is 2. The van der Waals surface area contributed by atoms with Crippen LogP contribution in [0.4, 0.5) is 5.82 Å². The molecule has 4 rings (SSSR count). The first-order chi connectivity index (χ1) is 14.9. The molecule has 0 radical (unpaired) electrons. The number of nitrogens with two attached hydrogens (primary N) is 1. The summed E-state index contributed by atoms with van der Waals surface area (Å²) in [7, 11) is 4.89. The summed E-state index contributed by atoms with van der Waals surface area (Å²) < 4.78 is 10.6. The molecule has 2 N–H and O–H groups in total. The van der Waals surface area contributed by atoms with Gasteiger partial charge in [0.2, 0.25) is 0 Å². The van der Waals surface area contributed by atoms with Gasteiger partial charge in [0.1, 0.15) is 11.6 Å². The molecule has 1 aliphatic rings. The highest BCUT2D eigenvalue weighted by molar-refractivity contribution is 5.98. The van der Waals surface area contributed by atoms with Crippen LogP contribution >= 0.6 is 0 Å². The maximum absolute atomic E-state index is 13.0. The first-order valence-corrected chi connectivity index (χ1v) is 9.77. The summed E-state index contributed by atoms with van der Waals surface area (Å²) in [5, 5.41) is 3.96. The summed E-state index contributed by atoms with van der Waals surface area (Å²) in [6.45, 7) is 0.789. The molecule has 0 saturated heterocycles. The normalized spacial score (nSPS) is 12.9. The molecule has 0 saturated carbocycles. The van der Waals surface area contributed by atoms with E-state index in [2.05, 4.69) is 10.1 Å². The van der Waals surface area contributed by atoms with Gasteiger partial charge < -0.3 is 24.8 Å².